The Balaban J connectivity index is 4.22. The van der Waals surface area contributed by atoms with Gasteiger partial charge in [-0.2, -0.15) is 0 Å². The van der Waals surface area contributed by atoms with Gasteiger partial charge in [-0.25, -0.2) is 0 Å². The highest BCUT2D eigenvalue weighted by Crippen LogP contribution is 2.17. The van der Waals surface area contributed by atoms with Crippen LogP contribution < -0.4 is 5.11 Å². The first-order valence-corrected chi connectivity index (χ1v) is 28.8. The summed E-state index contributed by atoms with van der Waals surface area (Å²) in [6.45, 7) is 4.80. The second kappa shape index (κ2) is 50.4. The molecule has 0 amide bonds. The number of esters is 2. The van der Waals surface area contributed by atoms with Gasteiger partial charge in [-0.1, -0.05) is 244 Å². The zero-order valence-electron chi connectivity index (χ0n) is 45.0. The normalized spacial score (nSPS) is 12.8. The van der Waals surface area contributed by atoms with Crippen LogP contribution in [0, 0.1) is 0 Å². The number of hydrogen-bond donors (Lipinski definition) is 0. The summed E-state index contributed by atoms with van der Waals surface area (Å²) in [6, 6.07) is 0. The predicted molar refractivity (Wildman–Crippen MR) is 279 cm³/mol. The third-order valence-electron chi connectivity index (χ3n) is 13.0. The molecule has 0 aliphatic heterocycles. The Labute approximate surface area is 415 Å². The lowest BCUT2D eigenvalue weighted by Crippen LogP contribution is -2.44. The molecule has 0 fully saturated rings. The molecule has 2 atom stereocenters. The van der Waals surface area contributed by atoms with Gasteiger partial charge in [0.2, 0.25) is 0 Å². The van der Waals surface area contributed by atoms with E-state index in [9.17, 15) is 19.5 Å². The molecule has 9 nitrogen and oxygen atoms in total. The van der Waals surface area contributed by atoms with Gasteiger partial charge in [0.05, 0.1) is 40.3 Å². The molecule has 0 radical (unpaired) electrons. The number of quaternary nitrogens is 1. The van der Waals surface area contributed by atoms with E-state index in [4.69, 9.17) is 18.9 Å². The Kier molecular flexibility index (Phi) is 48.9. The van der Waals surface area contributed by atoms with E-state index in [2.05, 4.69) is 26.0 Å². The Bertz CT molecular complexity index is 1110. The summed E-state index contributed by atoms with van der Waals surface area (Å²) in [5.41, 5.74) is 0. The van der Waals surface area contributed by atoms with E-state index in [0.29, 0.717) is 23.9 Å². The zero-order valence-corrected chi connectivity index (χ0v) is 45.0. The molecular weight excluding hydrogens is 839 g/mol. The number of unbranched alkanes of at least 4 members (excludes halogenated alkanes) is 37. The molecule has 0 rings (SSSR count). The number of carboxylic acids is 1. The minimum Gasteiger partial charge on any atom is -0.545 e. The van der Waals surface area contributed by atoms with Crippen LogP contribution in [0.2, 0.25) is 0 Å². The summed E-state index contributed by atoms with van der Waals surface area (Å²) >= 11 is 0. The molecule has 2 unspecified atom stereocenters. The number of carbonyl (C=O) groups excluding carboxylic acids is 3. The van der Waals surface area contributed by atoms with Crippen molar-refractivity contribution < 1.29 is 42.9 Å². The maximum absolute atomic E-state index is 12.8. The number of hydrogen-bond acceptors (Lipinski definition) is 8. The molecule has 0 aromatic carbocycles. The molecule has 0 aromatic rings. The molecule has 0 bridgehead atoms. The maximum Gasteiger partial charge on any atom is 0.306 e. The molecule has 67 heavy (non-hydrogen) atoms. The van der Waals surface area contributed by atoms with Crippen molar-refractivity contribution in [3.05, 3.63) is 12.2 Å². The van der Waals surface area contributed by atoms with Gasteiger partial charge in [0, 0.05) is 12.8 Å². The first-order chi connectivity index (χ1) is 32.6. The van der Waals surface area contributed by atoms with Crippen molar-refractivity contribution in [3.63, 3.8) is 0 Å². The van der Waals surface area contributed by atoms with Crippen molar-refractivity contribution in [2.45, 2.75) is 296 Å². The van der Waals surface area contributed by atoms with Crippen LogP contribution in [0.15, 0.2) is 12.2 Å². The van der Waals surface area contributed by atoms with E-state index in [1.165, 1.54) is 212 Å². The molecule has 0 aliphatic rings. The zero-order chi connectivity index (χ0) is 49.2. The summed E-state index contributed by atoms with van der Waals surface area (Å²) in [5, 5.41) is 11.8. The number of allylic oxidation sites excluding steroid dienone is 2. The summed E-state index contributed by atoms with van der Waals surface area (Å²) in [5.74, 6) is -2.26. The molecule has 0 saturated heterocycles. The molecule has 0 heterocycles. The number of ether oxygens (including phenoxy) is 4. The molecule has 0 aliphatic carbocycles. The van der Waals surface area contributed by atoms with Gasteiger partial charge in [0.15, 0.2) is 12.4 Å². The fourth-order valence-electron chi connectivity index (χ4n) is 8.53. The second-order valence-corrected chi connectivity index (χ2v) is 20.9. The highest BCUT2D eigenvalue weighted by Gasteiger charge is 2.22. The van der Waals surface area contributed by atoms with E-state index < -0.39 is 24.3 Å². The molecule has 9 heteroatoms. The van der Waals surface area contributed by atoms with E-state index in [-0.39, 0.29) is 32.2 Å². The highest BCUT2D eigenvalue weighted by atomic mass is 16.7. The summed E-state index contributed by atoms with van der Waals surface area (Å²) in [7, 11) is 5.93. The van der Waals surface area contributed by atoms with Crippen LogP contribution in [0.5, 0.6) is 0 Å². The molecule has 0 spiro atoms. The SMILES string of the molecule is CCCCCCCCCC/C=C\CCCCCCCCCCCC(=O)OC(COC(=O)CCCCCCCCCCCCCCCCCCCCCCC)COC(OCC[N+](C)(C)C)C(=O)[O-]. The van der Waals surface area contributed by atoms with Gasteiger partial charge in [-0.3, -0.25) is 9.59 Å². The average molecular weight is 951 g/mol. The Morgan fingerprint density at radius 1 is 0.433 bits per heavy atom. The number of aliphatic carboxylic acids is 1. The van der Waals surface area contributed by atoms with Crippen LogP contribution in [-0.2, 0) is 33.3 Å². The Morgan fingerprint density at radius 2 is 0.761 bits per heavy atom. The van der Waals surface area contributed by atoms with E-state index in [1.54, 1.807) is 0 Å². The number of likely N-dealkylation sites (N-methyl/N-ethyl adjacent to an activating group) is 1. The van der Waals surface area contributed by atoms with E-state index >= 15 is 0 Å². The molecular formula is C58H111NO8. The van der Waals surface area contributed by atoms with Crippen molar-refractivity contribution in [1.29, 1.82) is 0 Å². The lowest BCUT2D eigenvalue weighted by Gasteiger charge is -2.26. The van der Waals surface area contributed by atoms with Gasteiger partial charge in [0.25, 0.3) is 0 Å². The van der Waals surface area contributed by atoms with Gasteiger partial charge in [-0.15, -0.1) is 0 Å². The lowest BCUT2D eigenvalue weighted by molar-refractivity contribution is -0.870. The van der Waals surface area contributed by atoms with Crippen molar-refractivity contribution in [2.75, 3.05) is 47.5 Å². The average Bonchev–Trinajstić information content (AvgIpc) is 3.29. The fraction of sp³-hybridized carbons (Fsp3) is 0.914. The monoisotopic (exact) mass is 950 g/mol. The smallest absolute Gasteiger partial charge is 0.306 e. The summed E-state index contributed by atoms with van der Waals surface area (Å²) in [4.78, 5) is 37.3. The molecule has 396 valence electrons. The van der Waals surface area contributed by atoms with Crippen molar-refractivity contribution in [1.82, 2.24) is 0 Å². The van der Waals surface area contributed by atoms with Crippen LogP contribution in [-0.4, -0.2) is 82.3 Å². The van der Waals surface area contributed by atoms with E-state index in [1.807, 2.05) is 21.1 Å². The van der Waals surface area contributed by atoms with Gasteiger partial charge in [0.1, 0.15) is 13.2 Å². The quantitative estimate of drug-likeness (QED) is 0.0195. The summed E-state index contributed by atoms with van der Waals surface area (Å²) < 4.78 is 22.7. The van der Waals surface area contributed by atoms with Crippen molar-refractivity contribution in [2.24, 2.45) is 0 Å². The van der Waals surface area contributed by atoms with Gasteiger partial charge < -0.3 is 33.3 Å². The maximum atomic E-state index is 12.8. The minimum absolute atomic E-state index is 0.151. The first-order valence-electron chi connectivity index (χ1n) is 28.8. The minimum atomic E-state index is -1.62. The predicted octanol–water partition coefficient (Wildman–Crippen LogP) is 15.2. The highest BCUT2D eigenvalue weighted by molar-refractivity contribution is 5.70. The Hall–Kier alpha value is -1.97. The number of carbonyl (C=O) groups is 3. The second-order valence-electron chi connectivity index (χ2n) is 20.9. The van der Waals surface area contributed by atoms with Crippen LogP contribution in [0.4, 0.5) is 0 Å². The number of carboxylic acid groups (broad SMARTS) is 1. The number of nitrogens with zero attached hydrogens (tertiary/aromatic N) is 1. The topological polar surface area (TPSA) is 111 Å². The third kappa shape index (κ3) is 51.7. The van der Waals surface area contributed by atoms with Gasteiger partial charge in [-0.05, 0) is 38.5 Å². The molecule has 0 saturated carbocycles. The van der Waals surface area contributed by atoms with Crippen molar-refractivity contribution >= 4 is 17.9 Å². The van der Waals surface area contributed by atoms with Crippen LogP contribution in [0.25, 0.3) is 0 Å². The molecule has 0 aromatic heterocycles. The standard InChI is InChI=1S/C58H111NO8/c1-6-8-10-12-14-16-18-20-22-24-26-28-30-32-34-36-38-40-42-44-46-48-55(60)65-52-54(53-66-58(57(62)63)64-51-50-59(3,4)5)67-56(61)49-47-45-43-41-39-37-35-33-31-29-27-25-23-21-19-17-15-13-11-9-7-2/h25,27,54,58H,6-24,26,28-53H2,1-5H3/b27-25-. The summed E-state index contributed by atoms with van der Waals surface area (Å²) in [6.07, 6.45) is 54.0. The van der Waals surface area contributed by atoms with Crippen LogP contribution >= 0.6 is 0 Å². The fourth-order valence-corrected chi connectivity index (χ4v) is 8.53. The molecule has 0 N–H and O–H groups in total. The Morgan fingerprint density at radius 3 is 1.10 bits per heavy atom. The van der Waals surface area contributed by atoms with Crippen LogP contribution in [0.1, 0.15) is 284 Å². The first kappa shape index (κ1) is 65.0. The third-order valence-corrected chi connectivity index (χ3v) is 13.0. The largest absolute Gasteiger partial charge is 0.545 e. The lowest BCUT2D eigenvalue weighted by atomic mass is 10.0. The van der Waals surface area contributed by atoms with Crippen molar-refractivity contribution in [3.8, 4) is 0 Å². The number of rotatable bonds is 54. The van der Waals surface area contributed by atoms with E-state index in [0.717, 1.165) is 38.5 Å². The van der Waals surface area contributed by atoms with Crippen LogP contribution in [0.3, 0.4) is 0 Å². The van der Waals surface area contributed by atoms with Gasteiger partial charge >= 0.3 is 11.9 Å².